The monoisotopic (exact) mass is 215 g/mol. The molecule has 1 rings (SSSR count). The average molecular weight is 215 g/mol. The number of hydrogen-bond acceptors (Lipinski definition) is 3. The highest BCUT2D eigenvalue weighted by atomic mass is 16.5. The van der Waals surface area contributed by atoms with Crippen LogP contribution in [-0.4, -0.2) is 32.6 Å². The third-order valence-electron chi connectivity index (χ3n) is 4.68. The second kappa shape index (κ2) is 4.04. The lowest BCUT2D eigenvalue weighted by molar-refractivity contribution is -0.287. The van der Waals surface area contributed by atoms with Gasteiger partial charge in [0, 0.05) is 17.0 Å². The van der Waals surface area contributed by atoms with Gasteiger partial charge in [-0.05, 0) is 33.1 Å². The van der Waals surface area contributed by atoms with E-state index in [9.17, 15) is 10.3 Å². The molecule has 0 bridgehead atoms. The fourth-order valence-corrected chi connectivity index (χ4v) is 2.70. The molecule has 2 N–H and O–H groups in total. The van der Waals surface area contributed by atoms with E-state index in [1.807, 2.05) is 20.8 Å². The molecule has 0 spiro atoms. The molecule has 0 aromatic rings. The van der Waals surface area contributed by atoms with Gasteiger partial charge < -0.3 is 10.3 Å². The first-order valence-electron chi connectivity index (χ1n) is 5.99. The standard InChI is InChI=1S/C12H25NO2/c1-6-11(4)8-10(14)9(3)12(5,7-2)13(11)15/h9-10,14-15H,6-8H2,1-5H3. The van der Waals surface area contributed by atoms with Gasteiger partial charge in [0.2, 0.25) is 0 Å². The molecule has 3 heteroatoms. The number of hydroxylamine groups is 2. The van der Waals surface area contributed by atoms with Crippen molar-refractivity contribution in [1.82, 2.24) is 5.06 Å². The maximum Gasteiger partial charge on any atom is 0.0602 e. The van der Waals surface area contributed by atoms with Crippen molar-refractivity contribution in [2.45, 2.75) is 71.1 Å². The fraction of sp³-hybridized carbons (Fsp3) is 1.00. The van der Waals surface area contributed by atoms with Crippen molar-refractivity contribution in [2.75, 3.05) is 0 Å². The molecule has 3 nitrogen and oxygen atoms in total. The van der Waals surface area contributed by atoms with Gasteiger partial charge >= 0.3 is 0 Å². The minimum Gasteiger partial charge on any atom is -0.393 e. The van der Waals surface area contributed by atoms with Crippen LogP contribution in [0.15, 0.2) is 0 Å². The molecule has 1 heterocycles. The van der Waals surface area contributed by atoms with Crippen LogP contribution < -0.4 is 0 Å². The highest BCUT2D eigenvalue weighted by Crippen LogP contribution is 2.43. The predicted molar refractivity (Wildman–Crippen MR) is 60.8 cm³/mol. The van der Waals surface area contributed by atoms with E-state index < -0.39 is 0 Å². The van der Waals surface area contributed by atoms with E-state index >= 15 is 0 Å². The second-order valence-electron chi connectivity index (χ2n) is 5.43. The lowest BCUT2D eigenvalue weighted by Gasteiger charge is -2.56. The number of aliphatic hydroxyl groups is 1. The number of hydrogen-bond donors (Lipinski definition) is 2. The van der Waals surface area contributed by atoms with Crippen LogP contribution in [0.5, 0.6) is 0 Å². The predicted octanol–water partition coefficient (Wildman–Crippen LogP) is 2.42. The Bertz CT molecular complexity index is 234. The largest absolute Gasteiger partial charge is 0.393 e. The Kier molecular flexibility index (Phi) is 3.49. The summed E-state index contributed by atoms with van der Waals surface area (Å²) in [4.78, 5) is 0. The Hall–Kier alpha value is -0.120. The summed E-state index contributed by atoms with van der Waals surface area (Å²) in [6.45, 7) is 10.2. The Labute approximate surface area is 93.1 Å². The van der Waals surface area contributed by atoms with Crippen LogP contribution in [0, 0.1) is 5.92 Å². The molecular formula is C12H25NO2. The summed E-state index contributed by atoms with van der Waals surface area (Å²) < 4.78 is 0. The average Bonchev–Trinajstić information content (AvgIpc) is 2.23. The Morgan fingerprint density at radius 3 is 2.20 bits per heavy atom. The van der Waals surface area contributed by atoms with Crippen molar-refractivity contribution in [2.24, 2.45) is 5.92 Å². The zero-order valence-corrected chi connectivity index (χ0v) is 10.6. The molecule has 0 aromatic heterocycles. The van der Waals surface area contributed by atoms with E-state index in [0.29, 0.717) is 6.42 Å². The Balaban J connectivity index is 3.05. The van der Waals surface area contributed by atoms with Crippen LogP contribution in [0.2, 0.25) is 0 Å². The highest BCUT2D eigenvalue weighted by Gasteiger charge is 2.52. The van der Waals surface area contributed by atoms with Crippen LogP contribution in [-0.2, 0) is 0 Å². The van der Waals surface area contributed by atoms with E-state index in [1.54, 1.807) is 0 Å². The molecule has 90 valence electrons. The van der Waals surface area contributed by atoms with E-state index in [-0.39, 0.29) is 23.1 Å². The molecular weight excluding hydrogens is 190 g/mol. The number of rotatable bonds is 2. The van der Waals surface area contributed by atoms with Crippen molar-refractivity contribution >= 4 is 0 Å². The van der Waals surface area contributed by atoms with Gasteiger partial charge in [-0.2, -0.15) is 5.06 Å². The molecule has 4 unspecified atom stereocenters. The third kappa shape index (κ3) is 1.81. The fourth-order valence-electron chi connectivity index (χ4n) is 2.70. The van der Waals surface area contributed by atoms with Gasteiger partial charge in [-0.3, -0.25) is 0 Å². The first-order valence-corrected chi connectivity index (χ1v) is 5.99. The quantitative estimate of drug-likeness (QED) is 0.743. The summed E-state index contributed by atoms with van der Waals surface area (Å²) in [6, 6.07) is 0. The normalized spacial score (nSPS) is 48.2. The first kappa shape index (κ1) is 12.9. The summed E-state index contributed by atoms with van der Waals surface area (Å²) in [5.41, 5.74) is -0.612. The third-order valence-corrected chi connectivity index (χ3v) is 4.68. The molecule has 0 amide bonds. The number of aliphatic hydroxyl groups excluding tert-OH is 1. The van der Waals surface area contributed by atoms with Gasteiger partial charge in [-0.25, -0.2) is 0 Å². The maximum absolute atomic E-state index is 10.4. The lowest BCUT2D eigenvalue weighted by Crippen LogP contribution is -2.66. The summed E-state index contributed by atoms with van der Waals surface area (Å²) in [5, 5.41) is 21.9. The molecule has 4 atom stereocenters. The van der Waals surface area contributed by atoms with Crippen molar-refractivity contribution in [3.63, 3.8) is 0 Å². The molecule has 0 radical (unpaired) electrons. The summed E-state index contributed by atoms with van der Waals surface area (Å²) in [5.74, 6) is 0.104. The maximum atomic E-state index is 10.4. The van der Waals surface area contributed by atoms with Crippen molar-refractivity contribution in [1.29, 1.82) is 0 Å². The van der Waals surface area contributed by atoms with Crippen molar-refractivity contribution < 1.29 is 10.3 Å². The molecule has 1 aliphatic heterocycles. The van der Waals surface area contributed by atoms with Crippen LogP contribution in [0.4, 0.5) is 0 Å². The minimum atomic E-state index is -0.317. The Morgan fingerprint density at radius 2 is 1.80 bits per heavy atom. The number of piperidine rings is 1. The topological polar surface area (TPSA) is 43.7 Å². The van der Waals surface area contributed by atoms with Crippen LogP contribution >= 0.6 is 0 Å². The van der Waals surface area contributed by atoms with E-state index in [0.717, 1.165) is 12.8 Å². The summed E-state index contributed by atoms with van der Waals surface area (Å²) >= 11 is 0. The highest BCUT2D eigenvalue weighted by molar-refractivity contribution is 5.03. The van der Waals surface area contributed by atoms with E-state index in [4.69, 9.17) is 0 Å². The number of nitrogens with zero attached hydrogens (tertiary/aromatic N) is 1. The van der Waals surface area contributed by atoms with Gasteiger partial charge in [0.05, 0.1) is 6.10 Å². The van der Waals surface area contributed by atoms with Gasteiger partial charge in [0.25, 0.3) is 0 Å². The lowest BCUT2D eigenvalue weighted by atomic mass is 9.69. The summed E-state index contributed by atoms with van der Waals surface area (Å²) in [7, 11) is 0. The summed E-state index contributed by atoms with van der Waals surface area (Å²) in [6.07, 6.45) is 2.03. The molecule has 0 aliphatic carbocycles. The smallest absolute Gasteiger partial charge is 0.0602 e. The van der Waals surface area contributed by atoms with Gasteiger partial charge in [-0.15, -0.1) is 0 Å². The van der Waals surface area contributed by atoms with E-state index in [1.165, 1.54) is 5.06 Å². The molecule has 1 fully saturated rings. The first-order chi connectivity index (χ1) is 6.81. The van der Waals surface area contributed by atoms with Gasteiger partial charge in [0.15, 0.2) is 0 Å². The molecule has 0 saturated carbocycles. The SMILES string of the molecule is CCC1(C)CC(O)C(C)C(C)(CC)N1O. The van der Waals surface area contributed by atoms with Crippen LogP contribution in [0.1, 0.15) is 53.9 Å². The molecule has 1 saturated heterocycles. The van der Waals surface area contributed by atoms with Crippen molar-refractivity contribution in [3.8, 4) is 0 Å². The second-order valence-corrected chi connectivity index (χ2v) is 5.43. The van der Waals surface area contributed by atoms with E-state index in [2.05, 4.69) is 13.8 Å². The zero-order valence-electron chi connectivity index (χ0n) is 10.6. The minimum absolute atomic E-state index is 0.104. The molecule has 1 aliphatic rings. The van der Waals surface area contributed by atoms with Gasteiger partial charge in [-0.1, -0.05) is 20.8 Å². The molecule has 15 heavy (non-hydrogen) atoms. The molecule has 0 aromatic carbocycles. The van der Waals surface area contributed by atoms with Crippen LogP contribution in [0.3, 0.4) is 0 Å². The Morgan fingerprint density at radius 1 is 1.27 bits per heavy atom. The zero-order chi connectivity index (χ0) is 11.9. The van der Waals surface area contributed by atoms with Gasteiger partial charge in [0.1, 0.15) is 0 Å². The van der Waals surface area contributed by atoms with Crippen LogP contribution in [0.25, 0.3) is 0 Å². The van der Waals surface area contributed by atoms with Crippen molar-refractivity contribution in [3.05, 3.63) is 0 Å².